The Morgan fingerprint density at radius 1 is 1.22 bits per heavy atom. The van der Waals surface area contributed by atoms with Gasteiger partial charge in [-0.2, -0.15) is 0 Å². The van der Waals surface area contributed by atoms with Crippen LogP contribution < -0.4 is 9.64 Å². The number of thiazole rings is 1. The van der Waals surface area contributed by atoms with Gasteiger partial charge >= 0.3 is 0 Å². The van der Waals surface area contributed by atoms with E-state index in [2.05, 4.69) is 0 Å². The molecule has 0 N–H and O–H groups in total. The van der Waals surface area contributed by atoms with Gasteiger partial charge in [-0.05, 0) is 44.2 Å². The first kappa shape index (κ1) is 18.9. The number of fused-ring (bicyclic) bond motifs is 1. The Labute approximate surface area is 175 Å². The molecule has 1 aromatic heterocycles. The van der Waals surface area contributed by atoms with Crippen molar-refractivity contribution in [1.82, 2.24) is 4.98 Å². The number of halogens is 2. The molecule has 0 aliphatic carbocycles. The largest absolute Gasteiger partial charge is 0.497 e. The predicted octanol–water partition coefficient (Wildman–Crippen LogP) is 5.95. The molecule has 4 nitrogen and oxygen atoms in total. The molecule has 2 heterocycles. The van der Waals surface area contributed by atoms with E-state index < -0.39 is 4.87 Å². The number of aromatic nitrogens is 1. The first-order valence-electron chi connectivity index (χ1n) is 8.25. The van der Waals surface area contributed by atoms with Crippen molar-refractivity contribution in [2.45, 2.75) is 24.0 Å². The number of benzene rings is 2. The Kier molecular flexibility index (Phi) is 4.79. The van der Waals surface area contributed by atoms with E-state index in [0.29, 0.717) is 15.2 Å². The first-order chi connectivity index (χ1) is 12.8. The number of rotatable bonds is 3. The zero-order valence-corrected chi connectivity index (χ0v) is 18.0. The lowest BCUT2D eigenvalue weighted by Crippen LogP contribution is -2.40. The number of carbonyl (C=O) groups excluding carboxylic acids is 1. The summed E-state index contributed by atoms with van der Waals surface area (Å²) in [6, 6.07) is 11.1. The maximum Gasteiger partial charge on any atom is 0.243 e. The second kappa shape index (κ2) is 6.85. The van der Waals surface area contributed by atoms with Gasteiger partial charge in [-0.25, -0.2) is 4.98 Å². The van der Waals surface area contributed by atoms with Crippen LogP contribution in [0.5, 0.6) is 5.75 Å². The van der Waals surface area contributed by atoms with Gasteiger partial charge in [0.25, 0.3) is 0 Å². The Balaban J connectivity index is 1.86. The molecule has 2 atom stereocenters. The Morgan fingerprint density at radius 2 is 2.00 bits per heavy atom. The Hall–Kier alpha value is -1.47. The number of carbonyl (C=O) groups is 1. The molecular formula is C19H16Cl2N2O2S2. The Bertz CT molecular complexity index is 1060. The minimum Gasteiger partial charge on any atom is -0.497 e. The van der Waals surface area contributed by atoms with Gasteiger partial charge in [0.1, 0.15) is 10.6 Å². The maximum absolute atomic E-state index is 13.1. The van der Waals surface area contributed by atoms with E-state index in [1.807, 2.05) is 38.1 Å². The van der Waals surface area contributed by atoms with E-state index >= 15 is 0 Å². The quantitative estimate of drug-likeness (QED) is 0.506. The summed E-state index contributed by atoms with van der Waals surface area (Å²) in [5.74, 6) is 0.774. The summed E-state index contributed by atoms with van der Waals surface area (Å²) in [6.07, 6.45) is 0. The van der Waals surface area contributed by atoms with Crippen LogP contribution in [-0.4, -0.2) is 23.3 Å². The van der Waals surface area contributed by atoms with Gasteiger partial charge in [0.15, 0.2) is 5.13 Å². The molecule has 140 valence electrons. The van der Waals surface area contributed by atoms with Crippen molar-refractivity contribution in [3.63, 3.8) is 0 Å². The van der Waals surface area contributed by atoms with Gasteiger partial charge in [-0.1, -0.05) is 40.6 Å². The third kappa shape index (κ3) is 3.09. The minimum atomic E-state index is -0.671. The molecule has 0 saturated carbocycles. The van der Waals surface area contributed by atoms with Crippen molar-refractivity contribution in [1.29, 1.82) is 0 Å². The molecule has 0 spiro atoms. The van der Waals surface area contributed by atoms with Crippen LogP contribution in [0, 0.1) is 0 Å². The van der Waals surface area contributed by atoms with Gasteiger partial charge in [-0.15, -0.1) is 11.8 Å². The van der Waals surface area contributed by atoms with Crippen LogP contribution in [0.2, 0.25) is 10.0 Å². The topological polar surface area (TPSA) is 42.4 Å². The Morgan fingerprint density at radius 3 is 2.70 bits per heavy atom. The lowest BCUT2D eigenvalue weighted by molar-refractivity contribution is -0.117. The zero-order chi connectivity index (χ0) is 19.3. The molecule has 0 radical (unpaired) electrons. The van der Waals surface area contributed by atoms with Crippen LogP contribution in [0.25, 0.3) is 10.2 Å². The molecule has 8 heteroatoms. The van der Waals surface area contributed by atoms with Crippen molar-refractivity contribution in [2.24, 2.45) is 0 Å². The number of nitrogens with zero attached hydrogens (tertiary/aromatic N) is 2. The molecular weight excluding hydrogens is 423 g/mol. The van der Waals surface area contributed by atoms with Crippen LogP contribution in [0.4, 0.5) is 5.13 Å². The number of anilines is 1. The molecule has 1 saturated heterocycles. The lowest BCUT2D eigenvalue weighted by atomic mass is 10.1. The van der Waals surface area contributed by atoms with E-state index in [9.17, 15) is 4.79 Å². The average Bonchev–Trinajstić information content (AvgIpc) is 3.12. The number of hydrogen-bond acceptors (Lipinski definition) is 5. The number of hydrogen-bond donors (Lipinski definition) is 0. The summed E-state index contributed by atoms with van der Waals surface area (Å²) in [7, 11) is 1.63. The molecule has 3 aromatic rings. The van der Waals surface area contributed by atoms with Gasteiger partial charge in [0, 0.05) is 15.6 Å². The minimum absolute atomic E-state index is 0.0135. The molecule has 1 amide bonds. The normalized spacial score (nSPS) is 22.6. The molecule has 1 fully saturated rings. The maximum atomic E-state index is 13.1. The molecule has 27 heavy (non-hydrogen) atoms. The van der Waals surface area contributed by atoms with Crippen LogP contribution in [0.15, 0.2) is 36.4 Å². The summed E-state index contributed by atoms with van der Waals surface area (Å²) >= 11 is 15.6. The monoisotopic (exact) mass is 438 g/mol. The highest BCUT2D eigenvalue weighted by Gasteiger charge is 2.51. The highest BCUT2D eigenvalue weighted by molar-refractivity contribution is 8.02. The molecule has 2 aromatic carbocycles. The highest BCUT2D eigenvalue weighted by Crippen LogP contribution is 2.53. The summed E-state index contributed by atoms with van der Waals surface area (Å²) in [6.45, 7) is 3.91. The fraction of sp³-hybridized carbons (Fsp3) is 0.263. The zero-order valence-electron chi connectivity index (χ0n) is 14.8. The fourth-order valence-corrected chi connectivity index (χ4v) is 6.57. The van der Waals surface area contributed by atoms with Gasteiger partial charge < -0.3 is 4.74 Å². The van der Waals surface area contributed by atoms with Crippen molar-refractivity contribution in [3.05, 3.63) is 52.0 Å². The molecule has 1 aliphatic heterocycles. The van der Waals surface area contributed by atoms with Crippen molar-refractivity contribution < 1.29 is 9.53 Å². The number of amides is 1. The molecule has 2 unspecified atom stereocenters. The average molecular weight is 439 g/mol. The van der Waals surface area contributed by atoms with E-state index in [0.717, 1.165) is 21.5 Å². The number of methoxy groups -OCH3 is 1. The molecule has 4 rings (SSSR count). The third-order valence-electron chi connectivity index (χ3n) is 4.61. The van der Waals surface area contributed by atoms with Crippen LogP contribution in [-0.2, 0) is 9.67 Å². The first-order valence-corrected chi connectivity index (χ1v) is 10.7. The van der Waals surface area contributed by atoms with E-state index in [1.165, 1.54) is 11.3 Å². The highest BCUT2D eigenvalue weighted by atomic mass is 35.5. The SMILES string of the molecule is COc1ccc2nc(N3C(=O)C(C)SC3(C)c3ccc(Cl)cc3Cl)sc2c1. The number of thioether (sulfide) groups is 1. The second-order valence-corrected chi connectivity index (χ2v) is 9.96. The van der Waals surface area contributed by atoms with Crippen molar-refractivity contribution in [3.8, 4) is 5.75 Å². The molecule has 0 bridgehead atoms. The second-order valence-electron chi connectivity index (χ2n) is 6.37. The molecule has 1 aliphatic rings. The van der Waals surface area contributed by atoms with Crippen molar-refractivity contribution >= 4 is 67.6 Å². The van der Waals surface area contributed by atoms with Gasteiger partial charge in [0.05, 0.1) is 22.6 Å². The smallest absolute Gasteiger partial charge is 0.243 e. The standard InChI is InChI=1S/C19H16Cl2N2O2S2/c1-10-17(24)23(18-22-15-7-5-12(25-3)9-16(15)26-18)19(2,27-10)13-6-4-11(20)8-14(13)21/h4-10H,1-3H3. The number of ether oxygens (including phenoxy) is 1. The van der Waals surface area contributed by atoms with Crippen molar-refractivity contribution in [2.75, 3.05) is 12.0 Å². The van der Waals surface area contributed by atoms with Crippen LogP contribution in [0.1, 0.15) is 19.4 Å². The van der Waals surface area contributed by atoms with Gasteiger partial charge in [0.2, 0.25) is 5.91 Å². The third-order valence-corrected chi connectivity index (χ3v) is 7.58. The predicted molar refractivity (Wildman–Crippen MR) is 115 cm³/mol. The lowest BCUT2D eigenvalue weighted by Gasteiger charge is -2.33. The summed E-state index contributed by atoms with van der Waals surface area (Å²) in [4.78, 5) is 18.8. The summed E-state index contributed by atoms with van der Waals surface area (Å²) in [5, 5.41) is 1.54. The van der Waals surface area contributed by atoms with E-state index in [4.69, 9.17) is 32.9 Å². The van der Waals surface area contributed by atoms with Crippen LogP contribution >= 0.6 is 46.3 Å². The summed E-state index contributed by atoms with van der Waals surface area (Å²) in [5.41, 5.74) is 1.67. The van der Waals surface area contributed by atoms with E-state index in [-0.39, 0.29) is 11.2 Å². The fourth-order valence-electron chi connectivity index (χ4n) is 3.28. The van der Waals surface area contributed by atoms with Gasteiger partial charge in [-0.3, -0.25) is 9.69 Å². The summed E-state index contributed by atoms with van der Waals surface area (Å²) < 4.78 is 6.26. The van der Waals surface area contributed by atoms with E-state index in [1.54, 1.807) is 35.9 Å². The van der Waals surface area contributed by atoms with Crippen LogP contribution in [0.3, 0.4) is 0 Å².